The summed E-state index contributed by atoms with van der Waals surface area (Å²) in [5, 5.41) is 4.84. The minimum absolute atomic E-state index is 0.151. The highest BCUT2D eigenvalue weighted by Crippen LogP contribution is 2.40. The molecule has 4 rings (SSSR count). The van der Waals surface area contributed by atoms with Crippen LogP contribution in [-0.4, -0.2) is 16.0 Å². The fraction of sp³-hybridized carbons (Fsp3) is 0.200. The van der Waals surface area contributed by atoms with Crippen molar-refractivity contribution >= 4 is 12.0 Å². The number of hydrogen-bond donors (Lipinski definition) is 0. The Balaban J connectivity index is 1.87. The molecule has 1 aliphatic rings. The van der Waals surface area contributed by atoms with Gasteiger partial charge in [-0.05, 0) is 29.7 Å². The van der Waals surface area contributed by atoms with Gasteiger partial charge in [-0.15, -0.1) is 0 Å². The van der Waals surface area contributed by atoms with Gasteiger partial charge in [0.05, 0.1) is 11.7 Å². The summed E-state index contributed by atoms with van der Waals surface area (Å²) >= 11 is 0. The van der Waals surface area contributed by atoms with E-state index < -0.39 is 0 Å². The smallest absolute Gasteiger partial charge is 0.158 e. The highest BCUT2D eigenvalue weighted by Gasteiger charge is 2.26. The molecule has 1 aliphatic heterocycles. The van der Waals surface area contributed by atoms with E-state index in [2.05, 4.69) is 24.0 Å². The maximum absolute atomic E-state index is 13.3. The molecule has 0 unspecified atom stereocenters. The molecule has 3 nitrogen and oxygen atoms in total. The number of aryl methyl sites for hydroxylation is 1. The molecule has 0 saturated carbocycles. The predicted octanol–water partition coefficient (Wildman–Crippen LogP) is 4.95. The van der Waals surface area contributed by atoms with E-state index in [0.717, 1.165) is 35.5 Å². The second kappa shape index (κ2) is 6.04. The Bertz CT molecular complexity index is 879. The Morgan fingerprint density at radius 1 is 1.08 bits per heavy atom. The summed E-state index contributed by atoms with van der Waals surface area (Å²) in [6.45, 7) is 2.09. The predicted molar refractivity (Wildman–Crippen MR) is 94.3 cm³/mol. The largest absolute Gasteiger partial charge is 0.241 e. The van der Waals surface area contributed by atoms with Crippen LogP contribution in [0.25, 0.3) is 11.1 Å². The lowest BCUT2D eigenvalue weighted by atomic mass is 10.0. The zero-order valence-electron chi connectivity index (χ0n) is 13.5. The van der Waals surface area contributed by atoms with E-state index >= 15 is 0 Å². The van der Waals surface area contributed by atoms with Gasteiger partial charge in [-0.2, -0.15) is 5.10 Å². The standard InChI is InChI=1S/C20H18FN3/c1-2-17-19(15-8-10-16(21)11-9-15)20-22-13-12-18(24(20)23-17)14-6-4-3-5-7-14/h3-11,13,18H,2,12H2,1H3/t18-/m1/s1. The molecule has 1 atom stereocenters. The van der Waals surface area contributed by atoms with E-state index in [1.165, 1.54) is 17.7 Å². The summed E-state index contributed by atoms with van der Waals surface area (Å²) in [6, 6.07) is 17.1. The monoisotopic (exact) mass is 319 g/mol. The maximum Gasteiger partial charge on any atom is 0.158 e. The molecule has 1 aromatic heterocycles. The summed E-state index contributed by atoms with van der Waals surface area (Å²) < 4.78 is 15.3. The number of rotatable bonds is 3. The number of benzene rings is 2. The lowest BCUT2D eigenvalue weighted by Crippen LogP contribution is -2.15. The molecule has 0 aliphatic carbocycles. The van der Waals surface area contributed by atoms with Gasteiger partial charge in [-0.3, -0.25) is 0 Å². The minimum Gasteiger partial charge on any atom is -0.241 e. The first-order chi connectivity index (χ1) is 11.8. The van der Waals surface area contributed by atoms with Gasteiger partial charge in [0.15, 0.2) is 5.82 Å². The van der Waals surface area contributed by atoms with E-state index in [0.29, 0.717) is 0 Å². The average molecular weight is 319 g/mol. The van der Waals surface area contributed by atoms with Crippen LogP contribution in [0.1, 0.15) is 30.6 Å². The first-order valence-corrected chi connectivity index (χ1v) is 8.22. The fourth-order valence-corrected chi connectivity index (χ4v) is 3.26. The van der Waals surface area contributed by atoms with Crippen molar-refractivity contribution in [2.45, 2.75) is 25.8 Å². The summed E-state index contributed by atoms with van der Waals surface area (Å²) in [4.78, 5) is 4.62. The van der Waals surface area contributed by atoms with E-state index in [1.54, 1.807) is 12.1 Å². The Labute approximate surface area is 140 Å². The molecule has 120 valence electrons. The van der Waals surface area contributed by atoms with Crippen LogP contribution < -0.4 is 0 Å². The number of hydrogen-bond acceptors (Lipinski definition) is 2. The number of halogens is 1. The van der Waals surface area contributed by atoms with Gasteiger partial charge in [-0.1, -0.05) is 49.4 Å². The average Bonchev–Trinajstić information content (AvgIpc) is 3.02. The Kier molecular flexibility index (Phi) is 3.73. The minimum atomic E-state index is -0.233. The van der Waals surface area contributed by atoms with Crippen LogP contribution in [0.3, 0.4) is 0 Å². The molecule has 2 heterocycles. The van der Waals surface area contributed by atoms with Gasteiger partial charge >= 0.3 is 0 Å². The van der Waals surface area contributed by atoms with E-state index in [9.17, 15) is 4.39 Å². The van der Waals surface area contributed by atoms with Crippen molar-refractivity contribution in [3.63, 3.8) is 0 Å². The second-order valence-electron chi connectivity index (χ2n) is 5.92. The highest BCUT2D eigenvalue weighted by molar-refractivity contribution is 5.80. The van der Waals surface area contributed by atoms with Crippen molar-refractivity contribution in [3.8, 4) is 11.1 Å². The normalized spacial score (nSPS) is 16.2. The Hall–Kier alpha value is -2.75. The van der Waals surface area contributed by atoms with Crippen molar-refractivity contribution in [3.05, 3.63) is 71.7 Å². The lowest BCUT2D eigenvalue weighted by molar-refractivity contribution is 0.531. The van der Waals surface area contributed by atoms with Crippen molar-refractivity contribution < 1.29 is 4.39 Å². The van der Waals surface area contributed by atoms with Crippen molar-refractivity contribution in [2.75, 3.05) is 0 Å². The Morgan fingerprint density at radius 3 is 2.54 bits per heavy atom. The number of nitrogens with zero attached hydrogens (tertiary/aromatic N) is 3. The first kappa shape index (κ1) is 14.8. The first-order valence-electron chi connectivity index (χ1n) is 8.22. The number of aliphatic imine (C=N–C) groups is 1. The molecule has 0 fully saturated rings. The Morgan fingerprint density at radius 2 is 1.83 bits per heavy atom. The fourth-order valence-electron chi connectivity index (χ4n) is 3.26. The van der Waals surface area contributed by atoms with Gasteiger partial charge in [0.1, 0.15) is 5.82 Å². The summed E-state index contributed by atoms with van der Waals surface area (Å²) in [7, 11) is 0. The number of aromatic nitrogens is 2. The van der Waals surface area contributed by atoms with Crippen LogP contribution >= 0.6 is 0 Å². The molecule has 0 bridgehead atoms. The third kappa shape index (κ3) is 2.44. The van der Waals surface area contributed by atoms with Gasteiger partial charge in [0.25, 0.3) is 0 Å². The molecular formula is C20H18FN3. The molecule has 0 amide bonds. The van der Waals surface area contributed by atoms with Crippen LogP contribution in [0.5, 0.6) is 0 Å². The molecule has 4 heteroatoms. The number of fused-ring (bicyclic) bond motifs is 1. The van der Waals surface area contributed by atoms with Crippen LogP contribution in [0.2, 0.25) is 0 Å². The molecule has 0 spiro atoms. The van der Waals surface area contributed by atoms with Crippen LogP contribution in [0.15, 0.2) is 59.6 Å². The van der Waals surface area contributed by atoms with E-state index in [-0.39, 0.29) is 11.9 Å². The van der Waals surface area contributed by atoms with Crippen molar-refractivity contribution in [1.82, 2.24) is 9.78 Å². The van der Waals surface area contributed by atoms with Gasteiger partial charge < -0.3 is 0 Å². The van der Waals surface area contributed by atoms with Crippen LogP contribution in [-0.2, 0) is 6.42 Å². The van der Waals surface area contributed by atoms with Gasteiger partial charge in [-0.25, -0.2) is 14.1 Å². The van der Waals surface area contributed by atoms with E-state index in [4.69, 9.17) is 5.10 Å². The quantitative estimate of drug-likeness (QED) is 0.672. The zero-order valence-corrected chi connectivity index (χ0v) is 13.5. The molecular weight excluding hydrogens is 301 g/mol. The van der Waals surface area contributed by atoms with Crippen LogP contribution in [0, 0.1) is 5.82 Å². The second-order valence-corrected chi connectivity index (χ2v) is 5.92. The third-order valence-corrected chi connectivity index (χ3v) is 4.45. The SMILES string of the molecule is CCc1nn2c(c1-c1ccc(F)cc1)N=CC[C@@H]2c1ccccc1. The zero-order chi connectivity index (χ0) is 16.5. The van der Waals surface area contributed by atoms with Crippen LogP contribution in [0.4, 0.5) is 10.2 Å². The third-order valence-electron chi connectivity index (χ3n) is 4.45. The van der Waals surface area contributed by atoms with E-state index in [1.807, 2.05) is 29.1 Å². The molecule has 0 radical (unpaired) electrons. The topological polar surface area (TPSA) is 30.2 Å². The molecule has 3 aromatic rings. The molecule has 0 saturated heterocycles. The van der Waals surface area contributed by atoms with Crippen molar-refractivity contribution in [1.29, 1.82) is 0 Å². The summed E-state index contributed by atoms with van der Waals surface area (Å²) in [5.41, 5.74) is 4.19. The molecule has 0 N–H and O–H groups in total. The van der Waals surface area contributed by atoms with Gasteiger partial charge in [0.2, 0.25) is 0 Å². The lowest BCUT2D eigenvalue weighted by Gasteiger charge is -2.21. The maximum atomic E-state index is 13.3. The van der Waals surface area contributed by atoms with Crippen molar-refractivity contribution in [2.24, 2.45) is 4.99 Å². The van der Waals surface area contributed by atoms with Gasteiger partial charge in [0, 0.05) is 18.2 Å². The molecule has 24 heavy (non-hydrogen) atoms. The summed E-state index contributed by atoms with van der Waals surface area (Å²) in [6.07, 6.45) is 3.59. The molecule has 2 aromatic carbocycles. The highest BCUT2D eigenvalue weighted by atomic mass is 19.1. The summed E-state index contributed by atoms with van der Waals surface area (Å²) in [5.74, 6) is 0.627.